The molecule has 96 valence electrons. The summed E-state index contributed by atoms with van der Waals surface area (Å²) in [6, 6.07) is 9.81. The molecule has 1 aromatic heterocycles. The summed E-state index contributed by atoms with van der Waals surface area (Å²) < 4.78 is 7.59. The Bertz CT molecular complexity index is 529. The normalized spacial score (nSPS) is 10.6. The van der Waals surface area contributed by atoms with Crippen LogP contribution in [0, 0.1) is 0 Å². The molecule has 2 N–H and O–H groups in total. The van der Waals surface area contributed by atoms with Gasteiger partial charge in [0.25, 0.3) is 0 Å². The highest BCUT2D eigenvalue weighted by atomic mass is 79.9. The lowest BCUT2D eigenvalue weighted by Gasteiger charge is -2.08. The van der Waals surface area contributed by atoms with E-state index in [1.54, 1.807) is 0 Å². The van der Waals surface area contributed by atoms with Crippen LogP contribution in [0.3, 0.4) is 0 Å². The molecule has 0 spiro atoms. The first-order chi connectivity index (χ1) is 8.69. The van der Waals surface area contributed by atoms with Gasteiger partial charge in [-0.15, -0.1) is 11.3 Å². The van der Waals surface area contributed by atoms with Gasteiger partial charge in [-0.25, -0.2) is 0 Å². The van der Waals surface area contributed by atoms with Crippen molar-refractivity contribution in [3.8, 4) is 5.75 Å². The molecule has 0 fully saturated rings. The molecule has 0 unspecified atom stereocenters. The smallest absolute Gasteiger partial charge is 0.122 e. The molecule has 0 aliphatic heterocycles. The third-order valence-corrected chi connectivity index (χ3v) is 4.42. The monoisotopic (exact) mass is 345 g/mol. The van der Waals surface area contributed by atoms with E-state index in [4.69, 9.17) is 22.1 Å². The molecular formula is C13H13BrClNOS. The number of hydrogen-bond acceptors (Lipinski definition) is 3. The Labute approximate surface area is 124 Å². The van der Waals surface area contributed by atoms with Crippen LogP contribution in [0.1, 0.15) is 10.4 Å². The van der Waals surface area contributed by atoms with Gasteiger partial charge in [-0.05, 0) is 48.9 Å². The van der Waals surface area contributed by atoms with Gasteiger partial charge in [-0.2, -0.15) is 0 Å². The molecule has 0 aliphatic carbocycles. The van der Waals surface area contributed by atoms with E-state index in [9.17, 15) is 0 Å². The fraction of sp³-hybridized carbons (Fsp3) is 0.231. The van der Waals surface area contributed by atoms with Gasteiger partial charge in [-0.1, -0.05) is 27.5 Å². The summed E-state index contributed by atoms with van der Waals surface area (Å²) in [5.74, 6) is 0.853. The topological polar surface area (TPSA) is 35.2 Å². The Morgan fingerprint density at radius 2 is 2.11 bits per heavy atom. The largest absolute Gasteiger partial charge is 0.488 e. The SMILES string of the molecule is NCCc1cc(OCc2ccc(Cl)s2)ccc1Br. The van der Waals surface area contributed by atoms with Crippen molar-refractivity contribution < 1.29 is 4.74 Å². The van der Waals surface area contributed by atoms with Gasteiger partial charge in [-0.3, -0.25) is 0 Å². The minimum Gasteiger partial charge on any atom is -0.488 e. The van der Waals surface area contributed by atoms with Crippen LogP contribution < -0.4 is 10.5 Å². The second-order valence-corrected chi connectivity index (χ2v) is 6.44. The van der Waals surface area contributed by atoms with E-state index in [1.807, 2.05) is 30.3 Å². The molecule has 0 aliphatic rings. The van der Waals surface area contributed by atoms with Crippen molar-refractivity contribution >= 4 is 38.9 Å². The lowest BCUT2D eigenvalue weighted by atomic mass is 10.1. The molecule has 18 heavy (non-hydrogen) atoms. The molecule has 0 radical (unpaired) electrons. The second-order valence-electron chi connectivity index (χ2n) is 3.79. The first kappa shape index (κ1) is 13.9. The molecular weight excluding hydrogens is 334 g/mol. The van der Waals surface area contributed by atoms with Crippen LogP contribution in [-0.4, -0.2) is 6.54 Å². The molecule has 1 heterocycles. The van der Waals surface area contributed by atoms with Crippen molar-refractivity contribution in [3.05, 3.63) is 49.6 Å². The van der Waals surface area contributed by atoms with Crippen LogP contribution in [0.4, 0.5) is 0 Å². The number of nitrogens with two attached hydrogens (primary N) is 1. The van der Waals surface area contributed by atoms with Crippen molar-refractivity contribution in [3.63, 3.8) is 0 Å². The van der Waals surface area contributed by atoms with Gasteiger partial charge >= 0.3 is 0 Å². The first-order valence-electron chi connectivity index (χ1n) is 5.54. The van der Waals surface area contributed by atoms with Crippen molar-refractivity contribution in [1.29, 1.82) is 0 Å². The quantitative estimate of drug-likeness (QED) is 0.878. The van der Waals surface area contributed by atoms with E-state index in [1.165, 1.54) is 16.9 Å². The highest BCUT2D eigenvalue weighted by Crippen LogP contribution is 2.26. The Kier molecular flexibility index (Phi) is 5.06. The van der Waals surface area contributed by atoms with Crippen LogP contribution in [0.15, 0.2) is 34.8 Å². The molecule has 2 aromatic rings. The first-order valence-corrected chi connectivity index (χ1v) is 7.53. The Morgan fingerprint density at radius 3 is 2.78 bits per heavy atom. The fourth-order valence-corrected chi connectivity index (χ4v) is 3.02. The lowest BCUT2D eigenvalue weighted by Crippen LogP contribution is -2.03. The van der Waals surface area contributed by atoms with Gasteiger partial charge in [0.15, 0.2) is 0 Å². The molecule has 0 atom stereocenters. The molecule has 1 aromatic carbocycles. The van der Waals surface area contributed by atoms with Crippen LogP contribution >= 0.6 is 38.9 Å². The van der Waals surface area contributed by atoms with Gasteiger partial charge in [0.2, 0.25) is 0 Å². The van der Waals surface area contributed by atoms with Crippen LogP contribution in [-0.2, 0) is 13.0 Å². The predicted octanol–water partition coefficient (Wildman–Crippen LogP) is 4.24. The van der Waals surface area contributed by atoms with E-state index in [0.717, 1.165) is 25.9 Å². The molecule has 2 nitrogen and oxygen atoms in total. The van der Waals surface area contributed by atoms with Crippen molar-refractivity contribution in [2.75, 3.05) is 6.54 Å². The minimum absolute atomic E-state index is 0.543. The predicted molar refractivity (Wildman–Crippen MR) is 80.6 cm³/mol. The number of benzene rings is 1. The zero-order valence-corrected chi connectivity index (χ0v) is 12.8. The Balaban J connectivity index is 2.03. The van der Waals surface area contributed by atoms with E-state index in [2.05, 4.69) is 15.9 Å². The standard InChI is InChI=1S/C13H13BrClNOS/c14-12-3-1-10(7-9(12)5-6-16)17-8-11-2-4-13(15)18-11/h1-4,7H,5-6,8,16H2. The minimum atomic E-state index is 0.543. The zero-order chi connectivity index (χ0) is 13.0. The van der Waals surface area contributed by atoms with E-state index in [0.29, 0.717) is 13.2 Å². The van der Waals surface area contributed by atoms with Crippen molar-refractivity contribution in [2.24, 2.45) is 5.73 Å². The van der Waals surface area contributed by atoms with E-state index >= 15 is 0 Å². The number of rotatable bonds is 5. The van der Waals surface area contributed by atoms with Gasteiger partial charge in [0.1, 0.15) is 12.4 Å². The lowest BCUT2D eigenvalue weighted by molar-refractivity contribution is 0.309. The van der Waals surface area contributed by atoms with Crippen molar-refractivity contribution in [1.82, 2.24) is 0 Å². The zero-order valence-electron chi connectivity index (χ0n) is 9.66. The third kappa shape index (κ3) is 3.72. The van der Waals surface area contributed by atoms with E-state index < -0.39 is 0 Å². The maximum Gasteiger partial charge on any atom is 0.122 e. The highest BCUT2D eigenvalue weighted by Gasteiger charge is 2.03. The number of halogens is 2. The van der Waals surface area contributed by atoms with Gasteiger partial charge in [0, 0.05) is 9.35 Å². The molecule has 5 heteroatoms. The maximum atomic E-state index is 5.87. The van der Waals surface area contributed by atoms with Crippen LogP contribution in [0.25, 0.3) is 0 Å². The van der Waals surface area contributed by atoms with Gasteiger partial charge < -0.3 is 10.5 Å². The molecule has 0 saturated heterocycles. The van der Waals surface area contributed by atoms with Crippen LogP contribution in [0.5, 0.6) is 5.75 Å². The molecule has 0 bridgehead atoms. The second kappa shape index (κ2) is 6.57. The van der Waals surface area contributed by atoms with Crippen molar-refractivity contribution in [2.45, 2.75) is 13.0 Å². The summed E-state index contributed by atoms with van der Waals surface area (Å²) in [5.41, 5.74) is 6.74. The number of hydrogen-bond donors (Lipinski definition) is 1. The molecule has 2 rings (SSSR count). The van der Waals surface area contributed by atoms with E-state index in [-0.39, 0.29) is 0 Å². The Hall–Kier alpha value is -0.550. The highest BCUT2D eigenvalue weighted by molar-refractivity contribution is 9.10. The summed E-state index contributed by atoms with van der Waals surface area (Å²) in [7, 11) is 0. The fourth-order valence-electron chi connectivity index (χ4n) is 1.57. The average Bonchev–Trinajstić information content (AvgIpc) is 2.76. The van der Waals surface area contributed by atoms with Gasteiger partial charge in [0.05, 0.1) is 4.34 Å². The van der Waals surface area contributed by atoms with Crippen LogP contribution in [0.2, 0.25) is 4.34 Å². The number of thiophene rings is 1. The summed E-state index contributed by atoms with van der Waals surface area (Å²) in [6.07, 6.45) is 0.836. The summed E-state index contributed by atoms with van der Waals surface area (Å²) in [4.78, 5) is 1.11. The summed E-state index contributed by atoms with van der Waals surface area (Å²) >= 11 is 10.9. The number of ether oxygens (including phenoxy) is 1. The third-order valence-electron chi connectivity index (χ3n) is 2.44. The summed E-state index contributed by atoms with van der Waals surface area (Å²) in [5, 5.41) is 0. The Morgan fingerprint density at radius 1 is 1.28 bits per heavy atom. The molecule has 0 saturated carbocycles. The molecule has 0 amide bonds. The summed E-state index contributed by atoms with van der Waals surface area (Å²) in [6.45, 7) is 1.17. The maximum absolute atomic E-state index is 5.87. The average molecular weight is 347 g/mol.